The third kappa shape index (κ3) is 4.97. The standard InChI is InChI=1S/C19H34N2S.C6H6/c1-17(2)13-21(9-7-15(17)20)16(22)19(4)11-14-6-5-8-18(3,10-14)12-19;1-2-4-6-5-3-1/h14-15H,5-13,20H2,1-4H3;1-6H. The summed E-state index contributed by atoms with van der Waals surface area (Å²) in [6.45, 7) is 11.6. The smallest absolute Gasteiger partial charge is 0.0839 e. The first-order chi connectivity index (χ1) is 13.1. The van der Waals surface area contributed by atoms with E-state index in [0.29, 0.717) is 11.5 Å². The minimum Gasteiger partial charge on any atom is -0.365 e. The van der Waals surface area contributed by atoms with Gasteiger partial charge in [-0.1, -0.05) is 89.2 Å². The van der Waals surface area contributed by atoms with Crippen LogP contribution in [0.25, 0.3) is 0 Å². The van der Waals surface area contributed by atoms with Crippen molar-refractivity contribution in [2.75, 3.05) is 13.1 Å². The van der Waals surface area contributed by atoms with Crippen LogP contribution in [-0.2, 0) is 0 Å². The fourth-order valence-corrected chi connectivity index (χ4v) is 6.49. The van der Waals surface area contributed by atoms with E-state index in [4.69, 9.17) is 18.0 Å². The molecule has 28 heavy (non-hydrogen) atoms. The maximum absolute atomic E-state index is 6.31. The zero-order valence-electron chi connectivity index (χ0n) is 18.4. The first kappa shape index (κ1) is 21.8. The number of rotatable bonds is 1. The first-order valence-electron chi connectivity index (χ1n) is 11.2. The molecular weight excluding hydrogens is 360 g/mol. The molecule has 4 rings (SSSR count). The molecule has 0 amide bonds. The predicted molar refractivity (Wildman–Crippen MR) is 124 cm³/mol. The molecule has 2 saturated carbocycles. The second-order valence-corrected chi connectivity index (χ2v) is 11.4. The zero-order chi connectivity index (χ0) is 20.4. The summed E-state index contributed by atoms with van der Waals surface area (Å²) in [5.41, 5.74) is 7.24. The molecule has 1 saturated heterocycles. The second kappa shape index (κ2) is 8.44. The summed E-state index contributed by atoms with van der Waals surface area (Å²) >= 11 is 6.06. The molecule has 3 fully saturated rings. The Kier molecular flexibility index (Phi) is 6.56. The minimum atomic E-state index is 0.174. The predicted octanol–water partition coefficient (Wildman–Crippen LogP) is 6.06. The maximum atomic E-state index is 6.31. The monoisotopic (exact) mass is 400 g/mol. The number of nitrogens with two attached hydrogens (primary N) is 1. The van der Waals surface area contributed by atoms with Crippen molar-refractivity contribution in [1.82, 2.24) is 4.90 Å². The Labute approximate surface area is 178 Å². The minimum absolute atomic E-state index is 0.174. The molecule has 3 aliphatic rings. The molecule has 0 spiro atoms. The van der Waals surface area contributed by atoms with Gasteiger partial charge >= 0.3 is 0 Å². The van der Waals surface area contributed by atoms with Crippen molar-refractivity contribution in [3.05, 3.63) is 36.4 Å². The Bertz CT molecular complexity index is 631. The molecule has 2 N–H and O–H groups in total. The molecular formula is C25H40N2S. The van der Waals surface area contributed by atoms with Gasteiger partial charge in [0, 0.05) is 24.5 Å². The lowest BCUT2D eigenvalue weighted by Crippen LogP contribution is -2.57. The fourth-order valence-electron chi connectivity index (χ4n) is 6.18. The van der Waals surface area contributed by atoms with E-state index in [9.17, 15) is 0 Å². The quantitative estimate of drug-likeness (QED) is 0.581. The van der Waals surface area contributed by atoms with Crippen molar-refractivity contribution in [2.24, 2.45) is 27.9 Å². The Hall–Kier alpha value is -0.930. The van der Waals surface area contributed by atoms with E-state index >= 15 is 0 Å². The van der Waals surface area contributed by atoms with Gasteiger partial charge in [-0.25, -0.2) is 0 Å². The maximum Gasteiger partial charge on any atom is 0.0839 e. The van der Waals surface area contributed by atoms with E-state index in [0.717, 1.165) is 25.4 Å². The fraction of sp³-hybridized carbons (Fsp3) is 0.720. The highest BCUT2D eigenvalue weighted by molar-refractivity contribution is 7.80. The third-order valence-corrected chi connectivity index (χ3v) is 8.26. The van der Waals surface area contributed by atoms with Crippen LogP contribution >= 0.6 is 12.2 Å². The summed E-state index contributed by atoms with van der Waals surface area (Å²) in [5.74, 6) is 0.899. The van der Waals surface area contributed by atoms with Gasteiger partial charge in [0.1, 0.15) is 0 Å². The summed E-state index contributed by atoms with van der Waals surface area (Å²) in [5, 5.41) is 0. The lowest BCUT2D eigenvalue weighted by atomic mass is 9.54. The van der Waals surface area contributed by atoms with E-state index in [1.807, 2.05) is 36.4 Å². The molecule has 2 aliphatic carbocycles. The number of likely N-dealkylation sites (tertiary alicyclic amines) is 1. The van der Waals surface area contributed by atoms with Crippen LogP contribution in [-0.4, -0.2) is 29.0 Å². The zero-order valence-corrected chi connectivity index (χ0v) is 19.2. The highest BCUT2D eigenvalue weighted by Gasteiger charge is 2.49. The summed E-state index contributed by atoms with van der Waals surface area (Å²) < 4.78 is 0. The van der Waals surface area contributed by atoms with Gasteiger partial charge in [0.15, 0.2) is 0 Å². The average molecular weight is 401 g/mol. The largest absolute Gasteiger partial charge is 0.365 e. The van der Waals surface area contributed by atoms with E-state index in [2.05, 4.69) is 32.6 Å². The SMILES string of the molecule is CC12CCCC(C1)CC(C)(C(=S)N1CCC(N)C(C)(C)C1)C2.c1ccccc1. The van der Waals surface area contributed by atoms with E-state index < -0.39 is 0 Å². The molecule has 156 valence electrons. The van der Waals surface area contributed by atoms with Crippen molar-refractivity contribution in [1.29, 1.82) is 0 Å². The van der Waals surface area contributed by atoms with Crippen LogP contribution in [0.2, 0.25) is 0 Å². The van der Waals surface area contributed by atoms with Gasteiger partial charge in [-0.2, -0.15) is 0 Å². The number of piperidine rings is 1. The van der Waals surface area contributed by atoms with Crippen LogP contribution in [0.1, 0.15) is 72.6 Å². The normalized spacial score (nSPS) is 36.8. The van der Waals surface area contributed by atoms with Gasteiger partial charge in [0.2, 0.25) is 0 Å². The van der Waals surface area contributed by atoms with Crippen molar-refractivity contribution in [3.63, 3.8) is 0 Å². The van der Waals surface area contributed by atoms with Crippen molar-refractivity contribution in [2.45, 2.75) is 78.7 Å². The highest BCUT2D eigenvalue weighted by Crippen LogP contribution is 2.56. The Morgan fingerprint density at radius 1 is 0.964 bits per heavy atom. The van der Waals surface area contributed by atoms with Gasteiger partial charge in [-0.05, 0) is 48.9 Å². The van der Waals surface area contributed by atoms with Gasteiger partial charge < -0.3 is 10.6 Å². The van der Waals surface area contributed by atoms with E-state index in [-0.39, 0.29) is 10.8 Å². The molecule has 0 radical (unpaired) electrons. The summed E-state index contributed by atoms with van der Waals surface area (Å²) in [4.78, 5) is 3.74. The molecule has 1 aromatic carbocycles. The Balaban J connectivity index is 0.000000320. The lowest BCUT2D eigenvalue weighted by Gasteiger charge is -2.54. The molecule has 4 unspecified atom stereocenters. The highest BCUT2D eigenvalue weighted by atomic mass is 32.1. The number of benzene rings is 1. The van der Waals surface area contributed by atoms with Crippen molar-refractivity contribution < 1.29 is 0 Å². The molecule has 4 atom stereocenters. The molecule has 2 nitrogen and oxygen atoms in total. The van der Waals surface area contributed by atoms with Crippen LogP contribution in [0.4, 0.5) is 0 Å². The van der Waals surface area contributed by atoms with E-state index in [1.54, 1.807) is 0 Å². The lowest BCUT2D eigenvalue weighted by molar-refractivity contribution is 0.0295. The van der Waals surface area contributed by atoms with Crippen molar-refractivity contribution in [3.8, 4) is 0 Å². The molecule has 1 heterocycles. The second-order valence-electron chi connectivity index (χ2n) is 11.0. The van der Waals surface area contributed by atoms with Gasteiger partial charge in [0.05, 0.1) is 4.99 Å². The van der Waals surface area contributed by atoms with Crippen LogP contribution in [0, 0.1) is 22.2 Å². The summed E-state index contributed by atoms with van der Waals surface area (Å²) in [6.07, 6.45) is 9.35. The van der Waals surface area contributed by atoms with Gasteiger partial charge in [0.25, 0.3) is 0 Å². The summed E-state index contributed by atoms with van der Waals surface area (Å²) in [6, 6.07) is 12.3. The van der Waals surface area contributed by atoms with Gasteiger partial charge in [-0.3, -0.25) is 0 Å². The van der Waals surface area contributed by atoms with Crippen LogP contribution in [0.5, 0.6) is 0 Å². The number of hydrogen-bond acceptors (Lipinski definition) is 2. The molecule has 1 aliphatic heterocycles. The molecule has 3 heteroatoms. The van der Waals surface area contributed by atoms with E-state index in [1.165, 1.54) is 43.5 Å². The molecule has 0 aromatic heterocycles. The number of hydrogen-bond donors (Lipinski definition) is 1. The average Bonchev–Trinajstić information content (AvgIpc) is 2.64. The number of fused-ring (bicyclic) bond motifs is 2. The first-order valence-corrected chi connectivity index (χ1v) is 11.6. The Morgan fingerprint density at radius 3 is 2.11 bits per heavy atom. The number of nitrogens with zero attached hydrogens (tertiary/aromatic N) is 1. The number of thiocarbonyl (C=S) groups is 1. The summed E-state index contributed by atoms with van der Waals surface area (Å²) in [7, 11) is 0. The van der Waals surface area contributed by atoms with Crippen molar-refractivity contribution >= 4 is 17.2 Å². The third-order valence-electron chi connectivity index (χ3n) is 7.51. The molecule has 2 bridgehead atoms. The molecule has 1 aromatic rings. The van der Waals surface area contributed by atoms with Crippen LogP contribution < -0.4 is 5.73 Å². The van der Waals surface area contributed by atoms with Crippen LogP contribution in [0.3, 0.4) is 0 Å². The van der Waals surface area contributed by atoms with Crippen LogP contribution in [0.15, 0.2) is 36.4 Å². The van der Waals surface area contributed by atoms with Gasteiger partial charge in [-0.15, -0.1) is 0 Å². The topological polar surface area (TPSA) is 29.3 Å². The Morgan fingerprint density at radius 2 is 1.57 bits per heavy atom.